The Morgan fingerprint density at radius 1 is 1.18 bits per heavy atom. The van der Waals surface area contributed by atoms with Crippen LogP contribution in [0.25, 0.3) is 17.5 Å². The van der Waals surface area contributed by atoms with E-state index in [-0.39, 0.29) is 35.8 Å². The van der Waals surface area contributed by atoms with Gasteiger partial charge < -0.3 is 10.4 Å². The van der Waals surface area contributed by atoms with Crippen LogP contribution < -0.4 is 5.32 Å². The fourth-order valence-electron chi connectivity index (χ4n) is 3.52. The first-order valence-corrected chi connectivity index (χ1v) is 11.3. The predicted octanol–water partition coefficient (Wildman–Crippen LogP) is 3.64. The van der Waals surface area contributed by atoms with E-state index >= 15 is 0 Å². The van der Waals surface area contributed by atoms with Crippen LogP contribution in [0.4, 0.5) is 10.5 Å². The van der Waals surface area contributed by atoms with Crippen molar-refractivity contribution >= 4 is 40.6 Å². The van der Waals surface area contributed by atoms with Gasteiger partial charge in [-0.15, -0.1) is 10.2 Å². The Morgan fingerprint density at radius 2 is 1.88 bits per heavy atom. The van der Waals surface area contributed by atoms with Crippen LogP contribution in [0.1, 0.15) is 29.5 Å². The Morgan fingerprint density at radius 3 is 2.53 bits per heavy atom. The van der Waals surface area contributed by atoms with Gasteiger partial charge >= 0.3 is 0 Å². The third-order valence-electron chi connectivity index (χ3n) is 5.24. The molecule has 1 saturated heterocycles. The van der Waals surface area contributed by atoms with Crippen LogP contribution in [-0.4, -0.2) is 54.2 Å². The molecule has 174 valence electrons. The van der Waals surface area contributed by atoms with Crippen LogP contribution >= 0.6 is 11.8 Å². The summed E-state index contributed by atoms with van der Waals surface area (Å²) in [7, 11) is 0. The lowest BCUT2D eigenvalue weighted by Crippen LogP contribution is -2.29. The second kappa shape index (κ2) is 9.87. The van der Waals surface area contributed by atoms with E-state index in [1.165, 1.54) is 0 Å². The number of phenolic OH excluding ortho intramolecular Hbond substituents is 1. The average Bonchev–Trinajstić information content (AvgIpc) is 3.42. The van der Waals surface area contributed by atoms with Gasteiger partial charge in [0.05, 0.1) is 4.91 Å². The van der Waals surface area contributed by atoms with Gasteiger partial charge in [-0.3, -0.25) is 19.3 Å². The first kappa shape index (κ1) is 23.2. The van der Waals surface area contributed by atoms with Crippen molar-refractivity contribution in [2.45, 2.75) is 26.7 Å². The Bertz CT molecular complexity index is 1250. The number of nitrogens with zero attached hydrogens (tertiary/aromatic N) is 4. The fraction of sp³-hybridized carbons (Fsp3) is 0.217. The van der Waals surface area contributed by atoms with Crippen LogP contribution in [0, 0.1) is 13.8 Å². The van der Waals surface area contributed by atoms with Gasteiger partial charge in [-0.05, 0) is 96.4 Å². The van der Waals surface area contributed by atoms with E-state index in [2.05, 4.69) is 25.9 Å². The maximum Gasteiger partial charge on any atom is 0.293 e. The molecule has 1 aromatic heterocycles. The Hall–Kier alpha value is -3.99. The number of benzene rings is 2. The number of carbonyl (C=O) groups excluding carboxylic acids is 3. The van der Waals surface area contributed by atoms with Crippen molar-refractivity contribution in [1.82, 2.24) is 25.5 Å². The molecule has 0 saturated carbocycles. The molecule has 3 amide bonds. The second-order valence-corrected chi connectivity index (χ2v) is 8.79. The number of imide groups is 1. The summed E-state index contributed by atoms with van der Waals surface area (Å²) in [5.41, 5.74) is 3.51. The number of hydrogen-bond acceptors (Lipinski definition) is 8. The Balaban J connectivity index is 1.30. The summed E-state index contributed by atoms with van der Waals surface area (Å²) in [5, 5.41) is 26.0. The number of aromatic nitrogens is 4. The number of H-pyrrole nitrogens is 1. The molecule has 34 heavy (non-hydrogen) atoms. The maximum atomic E-state index is 12.7. The van der Waals surface area contributed by atoms with Gasteiger partial charge in [-0.1, -0.05) is 0 Å². The van der Waals surface area contributed by atoms with Crippen LogP contribution in [0.15, 0.2) is 41.3 Å². The lowest BCUT2D eigenvalue weighted by molar-refractivity contribution is -0.123. The largest absolute Gasteiger partial charge is 0.507 e. The SMILES string of the molecule is Cc1cc(/C=C2\SC(=O)N(CCCC(=O)Nc3ccc(-c4nn[nH]n4)cc3)C2=O)cc(C)c1O. The van der Waals surface area contributed by atoms with Crippen molar-refractivity contribution in [2.24, 2.45) is 0 Å². The van der Waals surface area contributed by atoms with Crippen LogP contribution in [0.2, 0.25) is 0 Å². The van der Waals surface area contributed by atoms with E-state index in [1.807, 2.05) is 0 Å². The van der Waals surface area contributed by atoms with Crippen LogP contribution in [-0.2, 0) is 9.59 Å². The number of aromatic amines is 1. The number of amides is 3. The van der Waals surface area contributed by atoms with E-state index in [0.29, 0.717) is 34.0 Å². The van der Waals surface area contributed by atoms with Gasteiger partial charge in [0.25, 0.3) is 11.1 Å². The van der Waals surface area contributed by atoms with E-state index in [0.717, 1.165) is 27.8 Å². The summed E-state index contributed by atoms with van der Waals surface area (Å²) >= 11 is 0.873. The van der Waals surface area contributed by atoms with E-state index < -0.39 is 0 Å². The van der Waals surface area contributed by atoms with E-state index in [9.17, 15) is 19.5 Å². The van der Waals surface area contributed by atoms with Gasteiger partial charge in [0.1, 0.15) is 5.75 Å². The Kier molecular flexibility index (Phi) is 6.73. The zero-order chi connectivity index (χ0) is 24.2. The van der Waals surface area contributed by atoms with E-state index in [1.54, 1.807) is 56.3 Å². The van der Waals surface area contributed by atoms with Crippen molar-refractivity contribution < 1.29 is 19.5 Å². The van der Waals surface area contributed by atoms with Gasteiger partial charge in [0.2, 0.25) is 11.7 Å². The molecular formula is C23H22N6O4S. The molecule has 2 heterocycles. The highest BCUT2D eigenvalue weighted by Gasteiger charge is 2.34. The molecule has 1 aliphatic heterocycles. The third-order valence-corrected chi connectivity index (χ3v) is 6.15. The Labute approximate surface area is 199 Å². The summed E-state index contributed by atoms with van der Waals surface area (Å²) in [6, 6.07) is 10.5. The standard InChI is InChI=1S/C23H22N6O4S/c1-13-10-15(11-14(2)20(13)31)12-18-22(32)29(23(33)34-18)9-3-4-19(30)24-17-7-5-16(6-8-17)21-25-27-28-26-21/h5-8,10-12,31H,3-4,9H2,1-2H3,(H,24,30)(H,25,26,27,28)/b18-12-. The number of nitrogens with one attached hydrogen (secondary N) is 2. The smallest absolute Gasteiger partial charge is 0.293 e. The fourth-order valence-corrected chi connectivity index (χ4v) is 4.39. The number of carbonyl (C=O) groups is 3. The van der Waals surface area contributed by atoms with Crippen LogP contribution in [0.3, 0.4) is 0 Å². The quantitative estimate of drug-likeness (QED) is 0.437. The summed E-state index contributed by atoms with van der Waals surface area (Å²) < 4.78 is 0. The minimum Gasteiger partial charge on any atom is -0.507 e. The predicted molar refractivity (Wildman–Crippen MR) is 128 cm³/mol. The summed E-state index contributed by atoms with van der Waals surface area (Å²) in [5.74, 6) is 0.0759. The summed E-state index contributed by atoms with van der Waals surface area (Å²) in [6.45, 7) is 3.71. The molecule has 2 aromatic carbocycles. The summed E-state index contributed by atoms with van der Waals surface area (Å²) in [6.07, 6.45) is 2.15. The number of hydrogen-bond donors (Lipinski definition) is 3. The monoisotopic (exact) mass is 478 g/mol. The molecule has 3 aromatic rings. The molecule has 0 unspecified atom stereocenters. The molecule has 10 nitrogen and oxygen atoms in total. The van der Waals surface area contributed by atoms with Crippen molar-refractivity contribution in [3.05, 3.63) is 58.0 Å². The van der Waals surface area contributed by atoms with Gasteiger partial charge in [-0.25, -0.2) is 0 Å². The molecule has 1 fully saturated rings. The normalized spacial score (nSPS) is 14.8. The molecule has 0 radical (unpaired) electrons. The molecule has 0 aliphatic carbocycles. The van der Waals surface area contributed by atoms with Crippen LogP contribution in [0.5, 0.6) is 5.75 Å². The average molecular weight is 479 g/mol. The van der Waals surface area contributed by atoms with Gasteiger partial charge in [0.15, 0.2) is 0 Å². The molecule has 3 N–H and O–H groups in total. The zero-order valence-electron chi connectivity index (χ0n) is 18.5. The summed E-state index contributed by atoms with van der Waals surface area (Å²) in [4.78, 5) is 38.8. The highest BCUT2D eigenvalue weighted by Crippen LogP contribution is 2.33. The maximum absolute atomic E-state index is 12.7. The van der Waals surface area contributed by atoms with Crippen molar-refractivity contribution in [1.29, 1.82) is 0 Å². The molecule has 1 aliphatic rings. The van der Waals surface area contributed by atoms with Crippen molar-refractivity contribution in [3.63, 3.8) is 0 Å². The number of aromatic hydroxyl groups is 1. The topological polar surface area (TPSA) is 141 Å². The minimum atomic E-state index is -0.379. The molecular weight excluding hydrogens is 456 g/mol. The molecule has 0 spiro atoms. The minimum absolute atomic E-state index is 0.153. The van der Waals surface area contributed by atoms with E-state index in [4.69, 9.17) is 0 Å². The highest BCUT2D eigenvalue weighted by atomic mass is 32.2. The van der Waals surface area contributed by atoms with Crippen molar-refractivity contribution in [3.8, 4) is 17.1 Å². The number of rotatable bonds is 7. The molecule has 0 atom stereocenters. The third kappa shape index (κ3) is 5.15. The van der Waals surface area contributed by atoms with Gasteiger partial charge in [0, 0.05) is 24.2 Å². The lowest BCUT2D eigenvalue weighted by atomic mass is 10.1. The number of thioether (sulfide) groups is 1. The lowest BCUT2D eigenvalue weighted by Gasteiger charge is -2.12. The molecule has 11 heteroatoms. The molecule has 0 bridgehead atoms. The molecule has 4 rings (SSSR count). The number of anilines is 1. The second-order valence-electron chi connectivity index (χ2n) is 7.80. The highest BCUT2D eigenvalue weighted by molar-refractivity contribution is 8.18. The number of phenols is 1. The zero-order valence-corrected chi connectivity index (χ0v) is 19.3. The first-order chi connectivity index (χ1) is 16.3. The van der Waals surface area contributed by atoms with Crippen molar-refractivity contribution in [2.75, 3.05) is 11.9 Å². The number of tetrazole rings is 1. The van der Waals surface area contributed by atoms with Gasteiger partial charge in [-0.2, -0.15) is 5.21 Å². The first-order valence-electron chi connectivity index (χ1n) is 10.5. The number of aryl methyl sites for hydroxylation is 2.